The van der Waals surface area contributed by atoms with Crippen LogP contribution >= 0.6 is 22.7 Å². The predicted octanol–water partition coefficient (Wildman–Crippen LogP) is 4.35. The number of hydrogen-bond acceptors (Lipinski definition) is 4. The van der Waals surface area contributed by atoms with Gasteiger partial charge in [0.15, 0.2) is 0 Å². The summed E-state index contributed by atoms with van der Waals surface area (Å²) in [4.78, 5) is 13.3. The summed E-state index contributed by atoms with van der Waals surface area (Å²) in [6.45, 7) is 2.38. The van der Waals surface area contributed by atoms with E-state index in [0.29, 0.717) is 12.1 Å². The average molecular weight is 345 g/mol. The molecule has 1 N–H and O–H groups in total. The monoisotopic (exact) mass is 345 g/mol. The third-order valence-electron chi connectivity index (χ3n) is 3.96. The van der Waals surface area contributed by atoms with Crippen molar-refractivity contribution in [3.8, 4) is 0 Å². The van der Waals surface area contributed by atoms with Gasteiger partial charge in [-0.25, -0.2) is 4.79 Å². The summed E-state index contributed by atoms with van der Waals surface area (Å²) in [5.41, 5.74) is 4.32. The lowest BCUT2D eigenvalue weighted by Crippen LogP contribution is -2.32. The van der Waals surface area contributed by atoms with E-state index in [9.17, 15) is 4.79 Å². The van der Waals surface area contributed by atoms with Crippen molar-refractivity contribution in [2.45, 2.75) is 12.8 Å². The minimum absolute atomic E-state index is 0.524. The fourth-order valence-corrected chi connectivity index (χ4v) is 4.09. The lowest BCUT2D eigenvalue weighted by atomic mass is 10.0. The molecule has 0 fully saturated rings. The topological polar surface area (TPSA) is 40.5 Å². The molecule has 0 saturated carbocycles. The first kappa shape index (κ1) is 16.2. The molecule has 1 aliphatic rings. The van der Waals surface area contributed by atoms with E-state index in [0.717, 1.165) is 25.9 Å². The van der Waals surface area contributed by atoms with Gasteiger partial charge in [0.1, 0.15) is 0 Å². The lowest BCUT2D eigenvalue weighted by molar-refractivity contribution is -0.133. The summed E-state index contributed by atoms with van der Waals surface area (Å²) < 4.78 is 0. The molecule has 0 radical (unpaired) electrons. The average Bonchev–Trinajstić information content (AvgIpc) is 3.25. The Kier molecular flexibility index (Phi) is 5.43. The van der Waals surface area contributed by atoms with Crippen molar-refractivity contribution in [2.75, 3.05) is 19.6 Å². The fourth-order valence-electron chi connectivity index (χ4n) is 2.78. The second-order valence-electron chi connectivity index (χ2n) is 5.53. The largest absolute Gasteiger partial charge is 0.478 e. The molecule has 120 valence electrons. The van der Waals surface area contributed by atoms with E-state index in [1.165, 1.54) is 16.7 Å². The molecule has 3 heterocycles. The first-order valence-corrected chi connectivity index (χ1v) is 9.52. The van der Waals surface area contributed by atoms with E-state index in [1.807, 2.05) is 6.08 Å². The maximum Gasteiger partial charge on any atom is 0.332 e. The van der Waals surface area contributed by atoms with Crippen LogP contribution in [0.2, 0.25) is 0 Å². The molecule has 2 aromatic rings. The summed E-state index contributed by atoms with van der Waals surface area (Å²) in [5.74, 6) is -0.789. The molecule has 0 aliphatic carbocycles. The number of carboxylic acids is 1. The van der Waals surface area contributed by atoms with Gasteiger partial charge >= 0.3 is 5.97 Å². The van der Waals surface area contributed by atoms with Gasteiger partial charge in [-0.05, 0) is 63.2 Å². The third-order valence-corrected chi connectivity index (χ3v) is 5.33. The van der Waals surface area contributed by atoms with Crippen molar-refractivity contribution in [3.05, 3.63) is 62.5 Å². The zero-order valence-corrected chi connectivity index (χ0v) is 14.4. The molecule has 0 aromatic carbocycles. The van der Waals surface area contributed by atoms with Crippen molar-refractivity contribution < 1.29 is 9.90 Å². The van der Waals surface area contributed by atoms with Gasteiger partial charge in [-0.3, -0.25) is 4.90 Å². The molecule has 0 spiro atoms. The van der Waals surface area contributed by atoms with Gasteiger partial charge in [-0.1, -0.05) is 12.2 Å². The highest BCUT2D eigenvalue weighted by Crippen LogP contribution is 2.27. The Morgan fingerprint density at radius 3 is 2.48 bits per heavy atom. The van der Waals surface area contributed by atoms with Crippen LogP contribution in [0, 0.1) is 0 Å². The number of thiophene rings is 2. The van der Waals surface area contributed by atoms with Gasteiger partial charge in [0.25, 0.3) is 0 Å². The van der Waals surface area contributed by atoms with Crippen molar-refractivity contribution in [2.24, 2.45) is 0 Å². The van der Waals surface area contributed by atoms with Crippen molar-refractivity contribution in [1.82, 2.24) is 4.90 Å². The minimum atomic E-state index is -0.789. The normalized spacial score (nSPS) is 15.2. The van der Waals surface area contributed by atoms with Crippen LogP contribution in [0.25, 0.3) is 5.57 Å². The molecule has 3 nitrogen and oxygen atoms in total. The van der Waals surface area contributed by atoms with Gasteiger partial charge in [0, 0.05) is 25.2 Å². The minimum Gasteiger partial charge on any atom is -0.478 e. The highest BCUT2D eigenvalue weighted by Gasteiger charge is 2.16. The Hall–Kier alpha value is -1.69. The van der Waals surface area contributed by atoms with E-state index >= 15 is 0 Å². The summed E-state index contributed by atoms with van der Waals surface area (Å²) in [6.07, 6.45) is 5.88. The number of carboxylic acid groups (broad SMARTS) is 1. The Morgan fingerprint density at radius 1 is 1.22 bits per heavy atom. The van der Waals surface area contributed by atoms with Gasteiger partial charge in [-0.15, -0.1) is 0 Å². The van der Waals surface area contributed by atoms with Crippen LogP contribution in [0.4, 0.5) is 0 Å². The Balaban J connectivity index is 1.66. The summed E-state index contributed by atoms with van der Waals surface area (Å²) >= 11 is 3.42. The van der Waals surface area contributed by atoms with E-state index in [1.54, 1.807) is 22.7 Å². The molecule has 2 aromatic heterocycles. The van der Waals surface area contributed by atoms with Crippen LogP contribution in [0.3, 0.4) is 0 Å². The molecular weight excluding hydrogens is 326 g/mol. The Bertz CT molecular complexity index is 663. The van der Waals surface area contributed by atoms with E-state index in [2.05, 4.69) is 44.6 Å². The number of nitrogens with zero attached hydrogens (tertiary/aromatic N) is 1. The van der Waals surface area contributed by atoms with Crippen LogP contribution in [-0.4, -0.2) is 35.6 Å². The third kappa shape index (κ3) is 4.19. The van der Waals surface area contributed by atoms with Gasteiger partial charge in [0.2, 0.25) is 0 Å². The lowest BCUT2D eigenvalue weighted by Gasteiger charge is -2.25. The maximum absolute atomic E-state index is 11.1. The predicted molar refractivity (Wildman–Crippen MR) is 97.1 cm³/mol. The van der Waals surface area contributed by atoms with Gasteiger partial charge in [-0.2, -0.15) is 22.7 Å². The number of rotatable bonds is 6. The summed E-state index contributed by atoms with van der Waals surface area (Å²) in [5, 5.41) is 17.7. The summed E-state index contributed by atoms with van der Waals surface area (Å²) in [6, 6.07) is 4.31. The number of aliphatic carboxylic acids is 1. The molecule has 23 heavy (non-hydrogen) atoms. The Morgan fingerprint density at radius 2 is 1.91 bits per heavy atom. The van der Waals surface area contributed by atoms with Crippen LogP contribution in [-0.2, 0) is 4.79 Å². The van der Waals surface area contributed by atoms with Crippen LogP contribution in [0.15, 0.2) is 51.4 Å². The highest BCUT2D eigenvalue weighted by atomic mass is 32.1. The smallest absolute Gasteiger partial charge is 0.332 e. The quantitative estimate of drug-likeness (QED) is 0.846. The van der Waals surface area contributed by atoms with Crippen molar-refractivity contribution >= 4 is 34.2 Å². The molecule has 0 amide bonds. The molecule has 0 atom stereocenters. The highest BCUT2D eigenvalue weighted by molar-refractivity contribution is 7.08. The molecule has 0 unspecified atom stereocenters. The van der Waals surface area contributed by atoms with Gasteiger partial charge in [0.05, 0.1) is 0 Å². The standard InChI is InChI=1S/C18H19NO2S2/c20-18(21)14-3-1-7-19(11-14)8-2-4-17(15-5-9-22-12-15)16-6-10-23-13-16/h3-6,9-10,12-13H,1-2,7-8,11H2,(H,20,21). The first-order valence-electron chi connectivity index (χ1n) is 7.64. The van der Waals surface area contributed by atoms with Gasteiger partial charge < -0.3 is 5.11 Å². The molecule has 0 saturated heterocycles. The molecule has 0 bridgehead atoms. The molecular formula is C18H19NO2S2. The molecule has 1 aliphatic heterocycles. The maximum atomic E-state index is 11.1. The van der Waals surface area contributed by atoms with Crippen LogP contribution in [0.5, 0.6) is 0 Å². The molecule has 5 heteroatoms. The molecule has 3 rings (SSSR count). The SMILES string of the molecule is O=C(O)C1=CCCN(CCC=C(c2ccsc2)c2ccsc2)C1. The zero-order valence-electron chi connectivity index (χ0n) is 12.8. The second-order valence-corrected chi connectivity index (χ2v) is 7.09. The van der Waals surface area contributed by atoms with E-state index in [4.69, 9.17) is 5.11 Å². The Labute approximate surface area is 144 Å². The summed E-state index contributed by atoms with van der Waals surface area (Å²) in [7, 11) is 0. The number of carbonyl (C=O) groups is 1. The van der Waals surface area contributed by atoms with E-state index < -0.39 is 5.97 Å². The second kappa shape index (κ2) is 7.73. The van der Waals surface area contributed by atoms with Crippen molar-refractivity contribution in [3.63, 3.8) is 0 Å². The fraction of sp³-hybridized carbons (Fsp3) is 0.278. The zero-order chi connectivity index (χ0) is 16.1. The first-order chi connectivity index (χ1) is 11.2. The van der Waals surface area contributed by atoms with Crippen LogP contribution < -0.4 is 0 Å². The van der Waals surface area contributed by atoms with E-state index in [-0.39, 0.29) is 0 Å². The number of hydrogen-bond donors (Lipinski definition) is 1. The van der Waals surface area contributed by atoms with Crippen molar-refractivity contribution in [1.29, 1.82) is 0 Å². The van der Waals surface area contributed by atoms with Crippen LogP contribution in [0.1, 0.15) is 24.0 Å².